The van der Waals surface area contributed by atoms with Crippen molar-refractivity contribution in [2.45, 2.75) is 19.4 Å². The molecule has 1 aromatic rings. The number of nitrogens with zero attached hydrogens (tertiary/aromatic N) is 2. The molecule has 2 heterocycles. The third-order valence-corrected chi connectivity index (χ3v) is 1.70. The number of carbonyl (C=O) groups is 1. The van der Waals surface area contributed by atoms with Crippen molar-refractivity contribution in [2.24, 2.45) is 4.99 Å². The second kappa shape index (κ2) is 2.42. The Morgan fingerprint density at radius 1 is 1.54 bits per heavy atom. The van der Waals surface area contributed by atoms with Crippen molar-refractivity contribution < 1.29 is 9.21 Å². The molecule has 0 saturated heterocycles. The van der Waals surface area contributed by atoms with Gasteiger partial charge in [0.25, 0.3) is 11.8 Å². The van der Waals surface area contributed by atoms with E-state index in [1.807, 2.05) is 13.8 Å². The van der Waals surface area contributed by atoms with Gasteiger partial charge < -0.3 is 9.73 Å². The fourth-order valence-corrected chi connectivity index (χ4v) is 1.09. The zero-order valence-electron chi connectivity index (χ0n) is 7.37. The maximum Gasteiger partial charge on any atom is 0.276 e. The lowest BCUT2D eigenvalue weighted by molar-refractivity contribution is 0.0930. The molecular formula is C8H9N3O2. The molecule has 5 nitrogen and oxygen atoms in total. The predicted molar refractivity (Wildman–Crippen MR) is 46.2 cm³/mol. The van der Waals surface area contributed by atoms with E-state index in [-0.39, 0.29) is 17.5 Å². The molecular weight excluding hydrogens is 170 g/mol. The fourth-order valence-electron chi connectivity index (χ4n) is 1.09. The van der Waals surface area contributed by atoms with Gasteiger partial charge in [0.05, 0.1) is 5.54 Å². The van der Waals surface area contributed by atoms with Crippen molar-refractivity contribution in [1.29, 1.82) is 0 Å². The number of rotatable bonds is 0. The number of fused-ring (bicyclic) bond motifs is 1. The van der Waals surface area contributed by atoms with Crippen molar-refractivity contribution >= 4 is 18.0 Å². The topological polar surface area (TPSA) is 67.5 Å². The Kier molecular flexibility index (Phi) is 1.48. The van der Waals surface area contributed by atoms with Crippen LogP contribution in [0.2, 0.25) is 0 Å². The summed E-state index contributed by atoms with van der Waals surface area (Å²) in [5.41, 5.74) is -0.220. The second-order valence-electron chi connectivity index (χ2n) is 3.44. The van der Waals surface area contributed by atoms with E-state index >= 15 is 0 Å². The Morgan fingerprint density at radius 2 is 2.31 bits per heavy atom. The van der Waals surface area contributed by atoms with Crippen LogP contribution in [0.15, 0.2) is 15.8 Å². The van der Waals surface area contributed by atoms with Crippen LogP contribution < -0.4 is 5.32 Å². The zero-order chi connectivity index (χ0) is 9.47. The van der Waals surface area contributed by atoms with Crippen LogP contribution in [0, 0.1) is 0 Å². The number of aromatic nitrogens is 1. The Hall–Kier alpha value is -1.65. The van der Waals surface area contributed by atoms with E-state index in [1.165, 1.54) is 6.39 Å². The highest BCUT2D eigenvalue weighted by molar-refractivity contribution is 6.00. The first-order chi connectivity index (χ1) is 6.08. The van der Waals surface area contributed by atoms with Crippen LogP contribution in [-0.4, -0.2) is 22.6 Å². The average Bonchev–Trinajstić information content (AvgIpc) is 2.43. The lowest BCUT2D eigenvalue weighted by Crippen LogP contribution is -2.43. The number of carbonyl (C=O) groups excluding carboxylic acids is 1. The Balaban J connectivity index is 2.49. The van der Waals surface area contributed by atoms with Gasteiger partial charge in [-0.2, -0.15) is 0 Å². The Labute approximate surface area is 74.9 Å². The minimum Gasteiger partial charge on any atom is -0.425 e. The van der Waals surface area contributed by atoms with Crippen LogP contribution in [0.4, 0.5) is 5.88 Å². The van der Waals surface area contributed by atoms with Gasteiger partial charge in [-0.15, -0.1) is 0 Å². The molecule has 0 spiro atoms. The number of hydrogen-bond acceptors (Lipinski definition) is 4. The molecule has 68 valence electrons. The lowest BCUT2D eigenvalue weighted by Gasteiger charge is -2.18. The summed E-state index contributed by atoms with van der Waals surface area (Å²) in [6.07, 6.45) is 2.84. The highest BCUT2D eigenvalue weighted by atomic mass is 16.4. The highest BCUT2D eigenvalue weighted by Gasteiger charge is 2.26. The molecule has 0 aromatic carbocycles. The minimum atomic E-state index is -0.458. The number of nitrogens with one attached hydrogen (secondary N) is 1. The third-order valence-electron chi connectivity index (χ3n) is 1.70. The largest absolute Gasteiger partial charge is 0.425 e. The number of amides is 1. The van der Waals surface area contributed by atoms with Crippen molar-refractivity contribution in [3.8, 4) is 0 Å². The van der Waals surface area contributed by atoms with Gasteiger partial charge in [0.15, 0.2) is 12.1 Å². The molecule has 5 heteroatoms. The Bertz CT molecular complexity index is 378. The standard InChI is InChI=1S/C8H9N3O2/c1-8(2)3-9-7-5(6(12)11-8)10-4-13-7/h3-4H,1-2H3,(H,11,12). The van der Waals surface area contributed by atoms with E-state index in [9.17, 15) is 4.79 Å². The molecule has 13 heavy (non-hydrogen) atoms. The summed E-state index contributed by atoms with van der Waals surface area (Å²) in [6, 6.07) is 0. The molecule has 0 atom stereocenters. The van der Waals surface area contributed by atoms with Crippen molar-refractivity contribution in [3.63, 3.8) is 0 Å². The Morgan fingerprint density at radius 3 is 3.08 bits per heavy atom. The molecule has 2 rings (SSSR count). The van der Waals surface area contributed by atoms with Gasteiger partial charge in [-0.25, -0.2) is 9.98 Å². The first-order valence-electron chi connectivity index (χ1n) is 3.90. The zero-order valence-corrected chi connectivity index (χ0v) is 7.37. The first kappa shape index (κ1) is 7.97. The molecule has 1 aromatic heterocycles. The van der Waals surface area contributed by atoms with Gasteiger partial charge in [-0.3, -0.25) is 4.79 Å². The molecule has 1 aliphatic heterocycles. The molecule has 0 bridgehead atoms. The molecule has 1 amide bonds. The second-order valence-corrected chi connectivity index (χ2v) is 3.44. The molecule has 0 aliphatic carbocycles. The van der Waals surface area contributed by atoms with Crippen molar-refractivity contribution in [1.82, 2.24) is 10.3 Å². The van der Waals surface area contributed by atoms with E-state index in [4.69, 9.17) is 4.42 Å². The van der Waals surface area contributed by atoms with E-state index in [1.54, 1.807) is 6.21 Å². The quantitative estimate of drug-likeness (QED) is 0.643. The van der Waals surface area contributed by atoms with Crippen LogP contribution in [-0.2, 0) is 0 Å². The SMILES string of the molecule is CC1(C)C=Nc2ocnc2C(=O)N1. The normalized spacial score (nSPS) is 19.1. The summed E-state index contributed by atoms with van der Waals surface area (Å²) in [5, 5.41) is 2.75. The van der Waals surface area contributed by atoms with E-state index in [0.717, 1.165) is 0 Å². The van der Waals surface area contributed by atoms with Gasteiger partial charge >= 0.3 is 0 Å². The summed E-state index contributed by atoms with van der Waals surface area (Å²) < 4.78 is 4.93. The summed E-state index contributed by atoms with van der Waals surface area (Å²) in [4.78, 5) is 19.3. The smallest absolute Gasteiger partial charge is 0.276 e. The minimum absolute atomic E-state index is 0.238. The molecule has 0 unspecified atom stereocenters. The van der Waals surface area contributed by atoms with Crippen LogP contribution in [0.25, 0.3) is 0 Å². The summed E-state index contributed by atoms with van der Waals surface area (Å²) in [6.45, 7) is 3.70. The van der Waals surface area contributed by atoms with Gasteiger partial charge in [-0.1, -0.05) is 0 Å². The first-order valence-corrected chi connectivity index (χ1v) is 3.90. The van der Waals surface area contributed by atoms with Crippen molar-refractivity contribution in [2.75, 3.05) is 0 Å². The van der Waals surface area contributed by atoms with Crippen LogP contribution in [0.3, 0.4) is 0 Å². The van der Waals surface area contributed by atoms with Gasteiger partial charge in [0.1, 0.15) is 0 Å². The van der Waals surface area contributed by atoms with Gasteiger partial charge in [0, 0.05) is 6.21 Å². The summed E-state index contributed by atoms with van der Waals surface area (Å²) in [5.74, 6) is 0.00863. The number of oxazole rings is 1. The fraction of sp³-hybridized carbons (Fsp3) is 0.375. The number of aliphatic imine (C=N–C) groups is 1. The highest BCUT2D eigenvalue weighted by Crippen LogP contribution is 2.20. The van der Waals surface area contributed by atoms with Gasteiger partial charge in [-0.05, 0) is 13.8 Å². The van der Waals surface area contributed by atoms with E-state index in [0.29, 0.717) is 0 Å². The molecule has 0 fully saturated rings. The van der Waals surface area contributed by atoms with Crippen LogP contribution in [0.5, 0.6) is 0 Å². The van der Waals surface area contributed by atoms with Crippen molar-refractivity contribution in [3.05, 3.63) is 12.1 Å². The number of hydrogen-bond donors (Lipinski definition) is 1. The molecule has 0 saturated carbocycles. The molecule has 1 aliphatic rings. The summed E-state index contributed by atoms with van der Waals surface area (Å²) >= 11 is 0. The van der Waals surface area contributed by atoms with Crippen LogP contribution in [0.1, 0.15) is 24.3 Å². The third kappa shape index (κ3) is 1.32. The summed E-state index contributed by atoms with van der Waals surface area (Å²) in [7, 11) is 0. The maximum absolute atomic E-state index is 11.5. The maximum atomic E-state index is 11.5. The van der Waals surface area contributed by atoms with Crippen LogP contribution >= 0.6 is 0 Å². The monoisotopic (exact) mass is 179 g/mol. The average molecular weight is 179 g/mol. The molecule has 0 radical (unpaired) electrons. The van der Waals surface area contributed by atoms with E-state index in [2.05, 4.69) is 15.3 Å². The van der Waals surface area contributed by atoms with Gasteiger partial charge in [0.2, 0.25) is 0 Å². The van der Waals surface area contributed by atoms with E-state index < -0.39 is 5.54 Å². The predicted octanol–water partition coefficient (Wildman–Crippen LogP) is 0.899. The molecule has 1 N–H and O–H groups in total. The lowest BCUT2D eigenvalue weighted by atomic mass is 10.1.